The van der Waals surface area contributed by atoms with Gasteiger partial charge in [0.25, 0.3) is 11.6 Å². The number of nitro benzene ring substituents is 1. The highest BCUT2D eigenvalue weighted by atomic mass is 32.1. The Morgan fingerprint density at radius 3 is 2.40 bits per heavy atom. The van der Waals surface area contributed by atoms with E-state index in [2.05, 4.69) is 9.88 Å². The number of carbonyl (C=O) groups excluding carboxylic acids is 1. The maximum absolute atomic E-state index is 14.1. The molecule has 3 aromatic rings. The molecule has 1 aromatic heterocycles. The van der Waals surface area contributed by atoms with Crippen LogP contribution in [0.1, 0.15) is 24.2 Å². The lowest BCUT2D eigenvalue weighted by Crippen LogP contribution is -2.38. The number of aromatic nitrogens is 1. The molecule has 0 fully saturated rings. The van der Waals surface area contributed by atoms with Crippen molar-refractivity contribution >= 4 is 38.3 Å². The smallest absolute Gasteiger partial charge is 0.269 e. The Labute approximate surface area is 175 Å². The van der Waals surface area contributed by atoms with Gasteiger partial charge in [0.05, 0.1) is 9.62 Å². The number of benzene rings is 2. The zero-order valence-corrected chi connectivity index (χ0v) is 17.3. The molecule has 1 heterocycles. The van der Waals surface area contributed by atoms with Gasteiger partial charge < -0.3 is 4.90 Å². The lowest BCUT2D eigenvalue weighted by atomic mass is 10.2. The Morgan fingerprint density at radius 2 is 1.80 bits per heavy atom. The fourth-order valence-corrected chi connectivity index (χ4v) is 4.04. The van der Waals surface area contributed by atoms with E-state index in [0.717, 1.165) is 30.5 Å². The highest BCUT2D eigenvalue weighted by Crippen LogP contribution is 2.32. The predicted molar refractivity (Wildman–Crippen MR) is 112 cm³/mol. The summed E-state index contributed by atoms with van der Waals surface area (Å²) in [6.07, 6.45) is 0. The predicted octanol–water partition coefficient (Wildman–Crippen LogP) is 4.47. The fourth-order valence-electron chi connectivity index (χ4n) is 3.01. The molecule has 158 valence electrons. The first kappa shape index (κ1) is 21.7. The van der Waals surface area contributed by atoms with Gasteiger partial charge in [-0.2, -0.15) is 0 Å². The first-order chi connectivity index (χ1) is 14.3. The summed E-state index contributed by atoms with van der Waals surface area (Å²) in [5.41, 5.74) is 0.116. The largest absolute Gasteiger partial charge is 0.302 e. The number of amides is 1. The monoisotopic (exact) mass is 434 g/mol. The second kappa shape index (κ2) is 9.23. The van der Waals surface area contributed by atoms with Crippen LogP contribution in [0.25, 0.3) is 10.2 Å². The van der Waals surface area contributed by atoms with E-state index in [4.69, 9.17) is 0 Å². The Kier molecular flexibility index (Phi) is 6.68. The molecule has 0 N–H and O–H groups in total. The van der Waals surface area contributed by atoms with Gasteiger partial charge in [-0.25, -0.2) is 13.8 Å². The van der Waals surface area contributed by atoms with Crippen molar-refractivity contribution in [2.45, 2.75) is 13.8 Å². The third-order valence-corrected chi connectivity index (χ3v) is 5.76. The van der Waals surface area contributed by atoms with Gasteiger partial charge in [0.2, 0.25) is 0 Å². The number of hydrogen-bond acceptors (Lipinski definition) is 6. The molecule has 0 atom stereocenters. The van der Waals surface area contributed by atoms with Crippen molar-refractivity contribution in [3.05, 3.63) is 63.7 Å². The summed E-state index contributed by atoms with van der Waals surface area (Å²) in [7, 11) is 0. The number of nitro groups is 1. The van der Waals surface area contributed by atoms with E-state index < -0.39 is 22.5 Å². The number of likely N-dealkylation sites (N-methyl/N-ethyl adjacent to an activating group) is 1. The summed E-state index contributed by atoms with van der Waals surface area (Å²) in [6.45, 7) is 6.41. The Morgan fingerprint density at radius 1 is 1.13 bits per heavy atom. The van der Waals surface area contributed by atoms with E-state index in [1.807, 2.05) is 13.8 Å². The molecule has 0 aliphatic carbocycles. The van der Waals surface area contributed by atoms with Crippen molar-refractivity contribution in [2.75, 3.05) is 31.1 Å². The lowest BCUT2D eigenvalue weighted by molar-refractivity contribution is -0.384. The minimum Gasteiger partial charge on any atom is -0.302 e. The van der Waals surface area contributed by atoms with Gasteiger partial charge in [0.1, 0.15) is 11.3 Å². The van der Waals surface area contributed by atoms with E-state index in [-0.39, 0.29) is 28.4 Å². The number of carbonyl (C=O) groups is 1. The summed E-state index contributed by atoms with van der Waals surface area (Å²) in [5.74, 6) is -1.93. The molecule has 2 aromatic carbocycles. The Bertz CT molecular complexity index is 1070. The molecule has 0 aliphatic heterocycles. The molecule has 0 radical (unpaired) electrons. The van der Waals surface area contributed by atoms with Gasteiger partial charge in [-0.3, -0.25) is 19.8 Å². The molecule has 1 amide bonds. The number of halogens is 2. The number of nitrogens with zero attached hydrogens (tertiary/aromatic N) is 4. The highest BCUT2D eigenvalue weighted by Gasteiger charge is 2.23. The van der Waals surface area contributed by atoms with Crippen LogP contribution in [0.5, 0.6) is 0 Å². The van der Waals surface area contributed by atoms with E-state index in [1.165, 1.54) is 35.2 Å². The van der Waals surface area contributed by atoms with Crippen LogP contribution in [0, 0.1) is 21.7 Å². The number of hydrogen-bond donors (Lipinski definition) is 0. The molecule has 0 saturated carbocycles. The molecule has 3 rings (SSSR count). The van der Waals surface area contributed by atoms with Crippen LogP contribution in [-0.2, 0) is 0 Å². The van der Waals surface area contributed by atoms with Crippen molar-refractivity contribution < 1.29 is 18.5 Å². The first-order valence-corrected chi connectivity index (χ1v) is 10.2. The minimum absolute atomic E-state index is 0.000684. The Hall–Kier alpha value is -2.98. The number of rotatable bonds is 8. The minimum atomic E-state index is -0.793. The van der Waals surface area contributed by atoms with Crippen LogP contribution in [0.3, 0.4) is 0 Å². The van der Waals surface area contributed by atoms with E-state index >= 15 is 0 Å². The number of anilines is 1. The van der Waals surface area contributed by atoms with E-state index in [1.54, 1.807) is 0 Å². The van der Waals surface area contributed by atoms with Gasteiger partial charge in [0, 0.05) is 36.9 Å². The van der Waals surface area contributed by atoms with Gasteiger partial charge in [-0.05, 0) is 31.3 Å². The topological polar surface area (TPSA) is 79.6 Å². The number of fused-ring (bicyclic) bond motifs is 1. The van der Waals surface area contributed by atoms with E-state index in [0.29, 0.717) is 11.2 Å². The second-order valence-corrected chi connectivity index (χ2v) is 7.53. The lowest BCUT2D eigenvalue weighted by Gasteiger charge is -2.24. The maximum atomic E-state index is 14.1. The molecule has 0 unspecified atom stereocenters. The van der Waals surface area contributed by atoms with Gasteiger partial charge >= 0.3 is 0 Å². The second-order valence-electron chi connectivity index (χ2n) is 6.52. The van der Waals surface area contributed by atoms with Gasteiger partial charge in [-0.1, -0.05) is 25.2 Å². The summed E-state index contributed by atoms with van der Waals surface area (Å²) in [6, 6.07) is 7.19. The zero-order valence-electron chi connectivity index (χ0n) is 16.5. The van der Waals surface area contributed by atoms with Gasteiger partial charge in [-0.15, -0.1) is 0 Å². The quantitative estimate of drug-likeness (QED) is 0.386. The summed E-state index contributed by atoms with van der Waals surface area (Å²) >= 11 is 1.02. The van der Waals surface area contributed by atoms with Crippen LogP contribution in [0.4, 0.5) is 19.6 Å². The van der Waals surface area contributed by atoms with E-state index in [9.17, 15) is 23.7 Å². The van der Waals surface area contributed by atoms with Crippen molar-refractivity contribution in [3.8, 4) is 0 Å². The molecule has 30 heavy (non-hydrogen) atoms. The van der Waals surface area contributed by atoms with Crippen molar-refractivity contribution in [1.82, 2.24) is 9.88 Å². The summed E-state index contributed by atoms with van der Waals surface area (Å²) in [5, 5.41) is 11.1. The fraction of sp³-hybridized carbons (Fsp3) is 0.300. The standard InChI is InChI=1S/C20H20F2N4O3S/c1-3-24(4-2)9-10-25(19(27)13-5-7-15(8-6-13)26(28)29)20-23-18-16(22)11-14(21)12-17(18)30-20/h5-8,11-12H,3-4,9-10H2,1-2H3. The van der Waals surface area contributed by atoms with Crippen LogP contribution in [-0.4, -0.2) is 46.9 Å². The summed E-state index contributed by atoms with van der Waals surface area (Å²) in [4.78, 5) is 31.3. The van der Waals surface area contributed by atoms with Crippen molar-refractivity contribution in [2.24, 2.45) is 0 Å². The molecule has 10 heteroatoms. The normalized spacial score (nSPS) is 11.2. The summed E-state index contributed by atoms with van der Waals surface area (Å²) < 4.78 is 28.0. The molecule has 0 aliphatic rings. The average molecular weight is 434 g/mol. The number of non-ortho nitro benzene ring substituents is 1. The number of thiazole rings is 1. The third-order valence-electron chi connectivity index (χ3n) is 4.74. The molecule has 0 saturated heterocycles. The molecular formula is C20H20F2N4O3S. The molecule has 7 nitrogen and oxygen atoms in total. The van der Waals surface area contributed by atoms with Crippen molar-refractivity contribution in [3.63, 3.8) is 0 Å². The van der Waals surface area contributed by atoms with Crippen LogP contribution in [0.2, 0.25) is 0 Å². The maximum Gasteiger partial charge on any atom is 0.269 e. The molecule has 0 bridgehead atoms. The molecular weight excluding hydrogens is 414 g/mol. The third kappa shape index (κ3) is 4.60. The molecule has 0 spiro atoms. The SMILES string of the molecule is CCN(CC)CCN(C(=O)c1ccc([N+](=O)[O-])cc1)c1nc2c(F)cc(F)cc2s1. The zero-order chi connectivity index (χ0) is 21.8. The average Bonchev–Trinajstić information content (AvgIpc) is 3.15. The van der Waals surface area contributed by atoms with Crippen LogP contribution >= 0.6 is 11.3 Å². The van der Waals surface area contributed by atoms with Crippen LogP contribution in [0.15, 0.2) is 36.4 Å². The Balaban J connectivity index is 1.98. The van der Waals surface area contributed by atoms with Gasteiger partial charge in [0.15, 0.2) is 10.9 Å². The van der Waals surface area contributed by atoms with Crippen molar-refractivity contribution in [1.29, 1.82) is 0 Å². The van der Waals surface area contributed by atoms with Crippen LogP contribution < -0.4 is 4.90 Å². The first-order valence-electron chi connectivity index (χ1n) is 9.38. The highest BCUT2D eigenvalue weighted by molar-refractivity contribution is 7.22.